The van der Waals surface area contributed by atoms with E-state index in [0.29, 0.717) is 22.8 Å². The minimum Gasteiger partial charge on any atom is -0.493 e. The summed E-state index contributed by atoms with van der Waals surface area (Å²) in [4.78, 5) is 20.3. The number of hydrogen-bond acceptors (Lipinski definition) is 5. The maximum absolute atomic E-state index is 12.5. The number of hydrogen-bond donors (Lipinski definition) is 1. The molecule has 3 aromatic rings. The third kappa shape index (κ3) is 4.22. The molecule has 0 aliphatic carbocycles. The van der Waals surface area contributed by atoms with Crippen molar-refractivity contribution in [3.8, 4) is 11.5 Å². The number of nitrogens with one attached hydrogen (secondary N) is 1. The minimum atomic E-state index is 0. The number of imidazole rings is 1. The number of aromatic amines is 1. The Morgan fingerprint density at radius 3 is 2.46 bits per heavy atom. The Labute approximate surface area is 167 Å². The number of Topliss-reactive ketones (excluding diaryl/α,β-unsaturated/α-hetero) is 1. The van der Waals surface area contributed by atoms with Crippen LogP contribution in [0, 0.1) is 13.8 Å². The molecule has 0 saturated carbocycles. The van der Waals surface area contributed by atoms with Gasteiger partial charge in [-0.15, -0.1) is 17.0 Å². The van der Waals surface area contributed by atoms with Crippen molar-refractivity contribution in [1.82, 2.24) is 9.97 Å². The van der Waals surface area contributed by atoms with Crippen LogP contribution in [0.2, 0.25) is 0 Å². The summed E-state index contributed by atoms with van der Waals surface area (Å²) in [7, 11) is 3.12. The number of nitrogens with zero attached hydrogens (tertiary/aromatic N) is 1. The van der Waals surface area contributed by atoms with Crippen LogP contribution in [-0.2, 0) is 0 Å². The fraction of sp³-hybridized carbons (Fsp3) is 0.263. The zero-order chi connectivity index (χ0) is 18.0. The van der Waals surface area contributed by atoms with Gasteiger partial charge >= 0.3 is 0 Å². The minimum absolute atomic E-state index is 0. The number of H-pyrrole nitrogens is 1. The van der Waals surface area contributed by atoms with E-state index in [0.717, 1.165) is 16.2 Å². The Kier molecular flexibility index (Phi) is 6.72. The van der Waals surface area contributed by atoms with Gasteiger partial charge in [-0.1, -0.05) is 11.8 Å². The number of fused-ring (bicyclic) bond motifs is 1. The molecule has 3 rings (SSSR count). The Morgan fingerprint density at radius 1 is 1.08 bits per heavy atom. The van der Waals surface area contributed by atoms with E-state index in [9.17, 15) is 4.79 Å². The van der Waals surface area contributed by atoms with Gasteiger partial charge in [0.15, 0.2) is 22.4 Å². The van der Waals surface area contributed by atoms with Crippen LogP contribution in [-0.4, -0.2) is 35.7 Å². The van der Waals surface area contributed by atoms with Crippen molar-refractivity contribution in [2.75, 3.05) is 20.0 Å². The molecule has 0 bridgehead atoms. The SMILES string of the molecule is Br.COc1ccc(C(=O)CSc2nc3cc(C)c(C)cc3[nH]2)cc1OC. The highest BCUT2D eigenvalue weighted by atomic mass is 79.9. The molecule has 26 heavy (non-hydrogen) atoms. The maximum Gasteiger partial charge on any atom is 0.173 e. The second-order valence-corrected chi connectivity index (χ2v) is 6.74. The van der Waals surface area contributed by atoms with Crippen molar-refractivity contribution >= 4 is 45.6 Å². The van der Waals surface area contributed by atoms with Crippen LogP contribution in [0.25, 0.3) is 11.0 Å². The highest BCUT2D eigenvalue weighted by Crippen LogP contribution is 2.29. The molecule has 138 valence electrons. The quantitative estimate of drug-likeness (QED) is 0.446. The van der Waals surface area contributed by atoms with Gasteiger partial charge in [0.2, 0.25) is 0 Å². The molecule has 1 aromatic heterocycles. The molecule has 5 nitrogen and oxygen atoms in total. The average molecular weight is 437 g/mol. The van der Waals surface area contributed by atoms with Crippen molar-refractivity contribution in [1.29, 1.82) is 0 Å². The number of aryl methyl sites for hydroxylation is 2. The Morgan fingerprint density at radius 2 is 1.77 bits per heavy atom. The number of thioether (sulfide) groups is 1. The number of ether oxygens (including phenoxy) is 2. The highest BCUT2D eigenvalue weighted by molar-refractivity contribution is 8.93. The van der Waals surface area contributed by atoms with Crippen molar-refractivity contribution in [3.63, 3.8) is 0 Å². The van der Waals surface area contributed by atoms with Crippen LogP contribution >= 0.6 is 28.7 Å². The van der Waals surface area contributed by atoms with Crippen molar-refractivity contribution < 1.29 is 14.3 Å². The number of benzene rings is 2. The number of ketones is 1. The van der Waals surface area contributed by atoms with Crippen LogP contribution in [0.5, 0.6) is 11.5 Å². The van der Waals surface area contributed by atoms with Crippen LogP contribution in [0.1, 0.15) is 21.5 Å². The highest BCUT2D eigenvalue weighted by Gasteiger charge is 2.13. The molecule has 0 atom stereocenters. The number of rotatable bonds is 6. The van der Waals surface area contributed by atoms with E-state index >= 15 is 0 Å². The lowest BCUT2D eigenvalue weighted by molar-refractivity contribution is 0.102. The van der Waals surface area contributed by atoms with Gasteiger partial charge in [0.05, 0.1) is 31.0 Å². The molecule has 0 aliphatic heterocycles. The van der Waals surface area contributed by atoms with E-state index in [1.54, 1.807) is 32.4 Å². The Hall–Kier alpha value is -1.99. The Bertz CT molecular complexity index is 901. The zero-order valence-electron chi connectivity index (χ0n) is 15.1. The first-order valence-electron chi connectivity index (χ1n) is 7.87. The summed E-state index contributed by atoms with van der Waals surface area (Å²) in [5.41, 5.74) is 4.92. The molecule has 0 amide bonds. The van der Waals surface area contributed by atoms with Gasteiger partial charge in [0.25, 0.3) is 0 Å². The van der Waals surface area contributed by atoms with E-state index in [-0.39, 0.29) is 22.8 Å². The lowest BCUT2D eigenvalue weighted by atomic mass is 10.1. The molecule has 0 aliphatic rings. The molecule has 1 heterocycles. The molecule has 0 radical (unpaired) electrons. The predicted molar refractivity (Wildman–Crippen MR) is 110 cm³/mol. The molecule has 0 saturated heterocycles. The smallest absolute Gasteiger partial charge is 0.173 e. The number of methoxy groups -OCH3 is 2. The van der Waals surface area contributed by atoms with Gasteiger partial charge in [-0.2, -0.15) is 0 Å². The predicted octanol–water partition coefficient (Wildman–Crippen LogP) is 4.75. The van der Waals surface area contributed by atoms with Gasteiger partial charge in [-0.3, -0.25) is 4.79 Å². The van der Waals surface area contributed by atoms with Gasteiger partial charge in [-0.25, -0.2) is 4.98 Å². The van der Waals surface area contributed by atoms with Crippen LogP contribution in [0.4, 0.5) is 0 Å². The monoisotopic (exact) mass is 436 g/mol. The second kappa shape index (κ2) is 8.60. The van der Waals surface area contributed by atoms with E-state index < -0.39 is 0 Å². The largest absolute Gasteiger partial charge is 0.493 e. The summed E-state index contributed by atoms with van der Waals surface area (Å²) in [6, 6.07) is 9.32. The van der Waals surface area contributed by atoms with Crippen molar-refractivity contribution in [3.05, 3.63) is 47.0 Å². The van der Waals surface area contributed by atoms with Crippen LogP contribution < -0.4 is 9.47 Å². The van der Waals surface area contributed by atoms with E-state index in [4.69, 9.17) is 9.47 Å². The van der Waals surface area contributed by atoms with Gasteiger partial charge in [0, 0.05) is 5.56 Å². The lowest BCUT2D eigenvalue weighted by Gasteiger charge is -2.08. The van der Waals surface area contributed by atoms with Crippen molar-refractivity contribution in [2.24, 2.45) is 0 Å². The van der Waals surface area contributed by atoms with E-state index in [1.165, 1.54) is 22.9 Å². The maximum atomic E-state index is 12.5. The average Bonchev–Trinajstić information content (AvgIpc) is 3.01. The first kappa shape index (κ1) is 20.3. The molecule has 0 spiro atoms. The standard InChI is InChI=1S/C19H20N2O3S.BrH/c1-11-7-14-15(8-12(11)2)21-19(20-14)25-10-16(22)13-5-6-17(23-3)18(9-13)24-4;/h5-9H,10H2,1-4H3,(H,20,21);1H. The lowest BCUT2D eigenvalue weighted by Crippen LogP contribution is -2.03. The third-order valence-electron chi connectivity index (χ3n) is 4.12. The number of carbonyl (C=O) groups is 1. The molecular formula is C19H21BrN2O3S. The van der Waals surface area contributed by atoms with Gasteiger partial charge in [0.1, 0.15) is 0 Å². The summed E-state index contributed by atoms with van der Waals surface area (Å²) >= 11 is 1.40. The normalized spacial score (nSPS) is 10.5. The van der Waals surface area contributed by atoms with E-state index in [1.807, 2.05) is 0 Å². The third-order valence-corrected chi connectivity index (χ3v) is 4.99. The first-order chi connectivity index (χ1) is 12.0. The molecular weight excluding hydrogens is 416 g/mol. The summed E-state index contributed by atoms with van der Waals surface area (Å²) in [5, 5.41) is 0.744. The zero-order valence-corrected chi connectivity index (χ0v) is 17.6. The van der Waals surface area contributed by atoms with Gasteiger partial charge < -0.3 is 14.5 Å². The summed E-state index contributed by atoms with van der Waals surface area (Å²) in [6.07, 6.45) is 0. The van der Waals surface area contributed by atoms with Crippen LogP contribution in [0.15, 0.2) is 35.5 Å². The summed E-state index contributed by atoms with van der Waals surface area (Å²) in [5.74, 6) is 1.47. The van der Waals surface area contributed by atoms with Crippen LogP contribution in [0.3, 0.4) is 0 Å². The Balaban J connectivity index is 0.00000243. The second-order valence-electron chi connectivity index (χ2n) is 5.78. The fourth-order valence-electron chi connectivity index (χ4n) is 2.54. The van der Waals surface area contributed by atoms with Crippen molar-refractivity contribution in [2.45, 2.75) is 19.0 Å². The number of aromatic nitrogens is 2. The molecule has 1 N–H and O–H groups in total. The molecule has 2 aromatic carbocycles. The first-order valence-corrected chi connectivity index (χ1v) is 8.85. The molecule has 0 unspecified atom stereocenters. The van der Waals surface area contributed by atoms with Gasteiger partial charge in [-0.05, 0) is 55.3 Å². The van der Waals surface area contributed by atoms with E-state index in [2.05, 4.69) is 35.9 Å². The fourth-order valence-corrected chi connectivity index (χ4v) is 3.32. The molecule has 0 fully saturated rings. The topological polar surface area (TPSA) is 64.2 Å². The summed E-state index contributed by atoms with van der Waals surface area (Å²) < 4.78 is 10.4. The number of halogens is 1. The summed E-state index contributed by atoms with van der Waals surface area (Å²) in [6.45, 7) is 4.14. The molecule has 7 heteroatoms. The number of carbonyl (C=O) groups excluding carboxylic acids is 1.